The Labute approximate surface area is 131 Å². The van der Waals surface area contributed by atoms with Crippen LogP contribution in [0.2, 0.25) is 5.02 Å². The van der Waals surface area contributed by atoms with E-state index in [-0.39, 0.29) is 24.7 Å². The van der Waals surface area contributed by atoms with Gasteiger partial charge in [0.05, 0.1) is 10.6 Å². The number of anilines is 1. The van der Waals surface area contributed by atoms with Crippen molar-refractivity contribution in [1.29, 1.82) is 0 Å². The van der Waals surface area contributed by atoms with Gasteiger partial charge in [0.1, 0.15) is 0 Å². The average molecular weight is 337 g/mol. The van der Waals surface area contributed by atoms with Crippen LogP contribution in [0.5, 0.6) is 0 Å². The first kappa shape index (κ1) is 18.3. The average Bonchev–Trinajstić information content (AvgIpc) is 2.42. The molecule has 22 heavy (non-hydrogen) atoms. The second-order valence-corrected chi connectivity index (χ2v) is 4.94. The number of alkyl halides is 3. The van der Waals surface area contributed by atoms with E-state index in [0.29, 0.717) is 6.42 Å². The molecule has 0 saturated carbocycles. The molecule has 8 heteroatoms. The van der Waals surface area contributed by atoms with Gasteiger partial charge in [0.25, 0.3) is 0 Å². The predicted molar refractivity (Wildman–Crippen MR) is 77.8 cm³/mol. The monoisotopic (exact) mass is 336 g/mol. The lowest BCUT2D eigenvalue weighted by Gasteiger charge is -2.23. The van der Waals surface area contributed by atoms with Crippen LogP contribution in [0.4, 0.5) is 18.9 Å². The Morgan fingerprint density at radius 2 is 1.95 bits per heavy atom. The Morgan fingerprint density at radius 3 is 2.45 bits per heavy atom. The maximum Gasteiger partial charge on any atom is 0.417 e. The summed E-state index contributed by atoms with van der Waals surface area (Å²) in [6, 6.07) is 3.26. The zero-order valence-corrected chi connectivity index (χ0v) is 12.9. The summed E-state index contributed by atoms with van der Waals surface area (Å²) < 4.78 is 38.6. The molecule has 0 bridgehead atoms. The molecule has 1 aromatic carbocycles. The minimum absolute atomic E-state index is 0.0694. The fourth-order valence-electron chi connectivity index (χ4n) is 1.80. The first-order valence-electron chi connectivity index (χ1n) is 6.58. The maximum atomic E-state index is 12.9. The Hall–Kier alpha value is -1.76. The molecule has 0 spiro atoms. The zero-order chi connectivity index (χ0) is 16.9. The lowest BCUT2D eigenvalue weighted by Crippen LogP contribution is -2.37. The summed E-state index contributed by atoms with van der Waals surface area (Å²) >= 11 is 5.55. The molecule has 0 saturated heterocycles. The molecule has 0 aliphatic heterocycles. The molecule has 0 aliphatic rings. The number of nitrogens with zero attached hydrogens (tertiary/aromatic N) is 1. The molecule has 122 valence electrons. The molecule has 2 amide bonds. The van der Waals surface area contributed by atoms with Crippen LogP contribution >= 0.6 is 11.6 Å². The highest BCUT2D eigenvalue weighted by molar-refractivity contribution is 6.31. The number of benzene rings is 1. The quantitative estimate of drug-likeness (QED) is 0.897. The number of halogens is 4. The van der Waals surface area contributed by atoms with E-state index in [2.05, 4.69) is 5.32 Å². The van der Waals surface area contributed by atoms with Crippen molar-refractivity contribution in [3.63, 3.8) is 0 Å². The third kappa shape index (κ3) is 4.91. The molecular weight excluding hydrogens is 321 g/mol. The van der Waals surface area contributed by atoms with Gasteiger partial charge in [0.2, 0.25) is 11.8 Å². The number of hydrogen-bond donors (Lipinski definition) is 1. The van der Waals surface area contributed by atoms with Gasteiger partial charge in [-0.2, -0.15) is 13.2 Å². The summed E-state index contributed by atoms with van der Waals surface area (Å²) in [6.45, 7) is 3.13. The van der Waals surface area contributed by atoms with Gasteiger partial charge in [-0.1, -0.05) is 18.5 Å². The molecule has 0 radical (unpaired) electrons. The maximum absolute atomic E-state index is 12.9. The van der Waals surface area contributed by atoms with Crippen LogP contribution in [-0.4, -0.2) is 24.9 Å². The van der Waals surface area contributed by atoms with Crippen LogP contribution in [0.15, 0.2) is 18.2 Å². The van der Waals surface area contributed by atoms with Gasteiger partial charge in [-0.25, -0.2) is 0 Å². The lowest BCUT2D eigenvalue weighted by molar-refractivity contribution is -0.137. The molecule has 1 rings (SSSR count). The smallest absolute Gasteiger partial charge is 0.354 e. The van der Waals surface area contributed by atoms with E-state index >= 15 is 0 Å². The number of nitrogens with one attached hydrogen (secondary N) is 1. The summed E-state index contributed by atoms with van der Waals surface area (Å²) in [5.74, 6) is -0.628. The lowest BCUT2D eigenvalue weighted by atomic mass is 10.1. The van der Waals surface area contributed by atoms with Crippen molar-refractivity contribution in [2.24, 2.45) is 0 Å². The molecule has 4 nitrogen and oxygen atoms in total. The largest absolute Gasteiger partial charge is 0.417 e. The van der Waals surface area contributed by atoms with Crippen LogP contribution in [0.1, 0.15) is 25.8 Å². The van der Waals surface area contributed by atoms with Crippen LogP contribution in [-0.2, 0) is 15.8 Å². The van der Waals surface area contributed by atoms with E-state index in [0.717, 1.165) is 17.0 Å². The highest BCUT2D eigenvalue weighted by atomic mass is 35.5. The fraction of sp³-hybridized carbons (Fsp3) is 0.429. The van der Waals surface area contributed by atoms with E-state index in [4.69, 9.17) is 11.6 Å². The van der Waals surface area contributed by atoms with Crippen molar-refractivity contribution in [3.05, 3.63) is 28.8 Å². The molecule has 1 N–H and O–H groups in total. The van der Waals surface area contributed by atoms with E-state index in [9.17, 15) is 22.8 Å². The molecule has 0 aromatic heterocycles. The molecule has 0 unspecified atom stereocenters. The van der Waals surface area contributed by atoms with Gasteiger partial charge in [-0.15, -0.1) is 0 Å². The standard InChI is InChI=1S/C14H16ClF3N2O2/c1-3-13(22)19-6-7-20(9(2)21)10-4-5-12(15)11(8-10)14(16,17)18/h4-5,8H,3,6-7H2,1-2H3,(H,19,22). The van der Waals surface area contributed by atoms with Crippen LogP contribution in [0, 0.1) is 0 Å². The molecule has 0 fully saturated rings. The predicted octanol–water partition coefficient (Wildman–Crippen LogP) is 3.24. The van der Waals surface area contributed by atoms with Crippen LogP contribution < -0.4 is 10.2 Å². The minimum Gasteiger partial charge on any atom is -0.354 e. The SMILES string of the molecule is CCC(=O)NCCN(C(C)=O)c1ccc(Cl)c(C(F)(F)F)c1. The van der Waals surface area contributed by atoms with Crippen molar-refractivity contribution >= 4 is 29.1 Å². The third-order valence-corrected chi connectivity index (χ3v) is 3.26. The van der Waals surface area contributed by atoms with Gasteiger partial charge < -0.3 is 10.2 Å². The number of rotatable bonds is 5. The Morgan fingerprint density at radius 1 is 1.32 bits per heavy atom. The van der Waals surface area contributed by atoms with E-state index in [1.807, 2.05) is 0 Å². The van der Waals surface area contributed by atoms with Gasteiger partial charge in [-0.05, 0) is 18.2 Å². The number of carbonyl (C=O) groups is 2. The van der Waals surface area contributed by atoms with Gasteiger partial charge in [0.15, 0.2) is 0 Å². The van der Waals surface area contributed by atoms with Crippen molar-refractivity contribution in [2.45, 2.75) is 26.4 Å². The topological polar surface area (TPSA) is 49.4 Å². The second-order valence-electron chi connectivity index (χ2n) is 4.54. The van der Waals surface area contributed by atoms with Crippen molar-refractivity contribution < 1.29 is 22.8 Å². The third-order valence-electron chi connectivity index (χ3n) is 2.93. The van der Waals surface area contributed by atoms with E-state index in [1.54, 1.807) is 6.92 Å². The minimum atomic E-state index is -4.61. The first-order valence-corrected chi connectivity index (χ1v) is 6.96. The summed E-state index contributed by atoms with van der Waals surface area (Å²) in [5, 5.41) is 2.13. The van der Waals surface area contributed by atoms with Gasteiger partial charge in [-0.3, -0.25) is 9.59 Å². The summed E-state index contributed by atoms with van der Waals surface area (Å²) in [4.78, 5) is 23.9. The molecule has 0 heterocycles. The molecule has 0 atom stereocenters. The molecule has 0 aliphatic carbocycles. The normalized spacial score (nSPS) is 11.2. The van der Waals surface area contributed by atoms with E-state index in [1.165, 1.54) is 13.0 Å². The highest BCUT2D eigenvalue weighted by Gasteiger charge is 2.34. The van der Waals surface area contributed by atoms with E-state index < -0.39 is 22.7 Å². The Kier molecular flexibility index (Phi) is 6.22. The Bertz CT molecular complexity index is 562. The Balaban J connectivity index is 2.97. The van der Waals surface area contributed by atoms with Gasteiger partial charge in [0, 0.05) is 32.1 Å². The summed E-state index contributed by atoms with van der Waals surface area (Å²) in [5.41, 5.74) is -0.925. The first-order chi connectivity index (χ1) is 10.2. The summed E-state index contributed by atoms with van der Waals surface area (Å²) in [6.07, 6.45) is -4.31. The number of amides is 2. The highest BCUT2D eigenvalue weighted by Crippen LogP contribution is 2.36. The van der Waals surface area contributed by atoms with Crippen molar-refractivity contribution in [1.82, 2.24) is 5.32 Å². The second kappa shape index (κ2) is 7.49. The van der Waals surface area contributed by atoms with Crippen molar-refractivity contribution in [2.75, 3.05) is 18.0 Å². The molecule has 1 aromatic rings. The van der Waals surface area contributed by atoms with Crippen LogP contribution in [0.3, 0.4) is 0 Å². The number of carbonyl (C=O) groups excluding carboxylic acids is 2. The fourth-order valence-corrected chi connectivity index (χ4v) is 2.02. The number of hydrogen-bond acceptors (Lipinski definition) is 2. The molecular formula is C14H16ClF3N2O2. The van der Waals surface area contributed by atoms with Gasteiger partial charge >= 0.3 is 6.18 Å². The summed E-state index contributed by atoms with van der Waals surface area (Å²) in [7, 11) is 0. The zero-order valence-electron chi connectivity index (χ0n) is 12.1. The van der Waals surface area contributed by atoms with Crippen molar-refractivity contribution in [3.8, 4) is 0 Å². The van der Waals surface area contributed by atoms with Crippen LogP contribution in [0.25, 0.3) is 0 Å².